The average molecular weight is 202 g/mol. The predicted octanol–water partition coefficient (Wildman–Crippen LogP) is 2.15. The Morgan fingerprint density at radius 3 is 2.67 bits per heavy atom. The van der Waals surface area contributed by atoms with Crippen LogP contribution in [0.25, 0.3) is 11.3 Å². The van der Waals surface area contributed by atoms with Gasteiger partial charge in [-0.1, -0.05) is 30.3 Å². The SMILES string of the molecule is Cc1nc(-c2ccccc2)c(CCN)o1. The summed E-state index contributed by atoms with van der Waals surface area (Å²) < 4.78 is 5.52. The number of nitrogens with two attached hydrogens (primary N) is 1. The largest absolute Gasteiger partial charge is 0.445 e. The van der Waals surface area contributed by atoms with Crippen LogP contribution in [0.4, 0.5) is 0 Å². The standard InChI is InChI=1S/C12H14N2O/c1-9-14-12(11(15-9)7-8-13)10-5-3-2-4-6-10/h2-6H,7-8,13H2,1H3. The highest BCUT2D eigenvalue weighted by atomic mass is 16.4. The third-order valence-corrected chi connectivity index (χ3v) is 2.22. The fraction of sp³-hybridized carbons (Fsp3) is 0.250. The molecule has 0 amide bonds. The topological polar surface area (TPSA) is 52.0 Å². The molecular weight excluding hydrogens is 188 g/mol. The van der Waals surface area contributed by atoms with Crippen molar-refractivity contribution in [2.75, 3.05) is 6.54 Å². The van der Waals surface area contributed by atoms with Crippen molar-refractivity contribution in [3.05, 3.63) is 42.0 Å². The number of hydrogen-bond acceptors (Lipinski definition) is 3. The molecule has 0 radical (unpaired) electrons. The summed E-state index contributed by atoms with van der Waals surface area (Å²) >= 11 is 0. The Morgan fingerprint density at radius 1 is 1.27 bits per heavy atom. The summed E-state index contributed by atoms with van der Waals surface area (Å²) in [4.78, 5) is 4.38. The Balaban J connectivity index is 2.43. The number of nitrogens with zero attached hydrogens (tertiary/aromatic N) is 1. The lowest BCUT2D eigenvalue weighted by atomic mass is 10.1. The zero-order valence-corrected chi connectivity index (χ0v) is 8.73. The summed E-state index contributed by atoms with van der Waals surface area (Å²) in [5.74, 6) is 1.57. The van der Waals surface area contributed by atoms with E-state index in [0.717, 1.165) is 23.4 Å². The first-order chi connectivity index (χ1) is 7.31. The third-order valence-electron chi connectivity index (χ3n) is 2.22. The van der Waals surface area contributed by atoms with Crippen molar-refractivity contribution in [1.29, 1.82) is 0 Å². The molecule has 0 spiro atoms. The molecule has 1 heterocycles. The number of benzene rings is 1. The fourth-order valence-corrected chi connectivity index (χ4v) is 1.59. The molecule has 2 aromatic rings. The Morgan fingerprint density at radius 2 is 2.00 bits per heavy atom. The normalized spacial score (nSPS) is 10.5. The van der Waals surface area contributed by atoms with E-state index in [0.29, 0.717) is 12.4 Å². The summed E-state index contributed by atoms with van der Waals surface area (Å²) in [7, 11) is 0. The molecule has 0 atom stereocenters. The van der Waals surface area contributed by atoms with Gasteiger partial charge < -0.3 is 10.2 Å². The lowest BCUT2D eigenvalue weighted by molar-refractivity contribution is 0.476. The van der Waals surface area contributed by atoms with Gasteiger partial charge in [-0.2, -0.15) is 0 Å². The van der Waals surface area contributed by atoms with Crippen molar-refractivity contribution in [3.63, 3.8) is 0 Å². The summed E-state index contributed by atoms with van der Waals surface area (Å²) in [6.45, 7) is 2.43. The van der Waals surface area contributed by atoms with Crippen molar-refractivity contribution < 1.29 is 4.42 Å². The minimum absolute atomic E-state index is 0.578. The summed E-state index contributed by atoms with van der Waals surface area (Å²) in [5.41, 5.74) is 7.53. The van der Waals surface area contributed by atoms with E-state index < -0.39 is 0 Å². The molecular formula is C12H14N2O. The van der Waals surface area contributed by atoms with Crippen molar-refractivity contribution in [3.8, 4) is 11.3 Å². The second-order valence-corrected chi connectivity index (χ2v) is 3.41. The summed E-state index contributed by atoms with van der Waals surface area (Å²) in [6.07, 6.45) is 0.727. The molecule has 2 N–H and O–H groups in total. The minimum atomic E-state index is 0.578. The van der Waals surface area contributed by atoms with Crippen LogP contribution in [-0.4, -0.2) is 11.5 Å². The van der Waals surface area contributed by atoms with Gasteiger partial charge in [-0.05, 0) is 6.54 Å². The van der Waals surface area contributed by atoms with Crippen LogP contribution in [0.2, 0.25) is 0 Å². The quantitative estimate of drug-likeness (QED) is 0.829. The van der Waals surface area contributed by atoms with E-state index in [4.69, 9.17) is 10.2 Å². The number of aromatic nitrogens is 1. The van der Waals surface area contributed by atoms with Crippen LogP contribution in [0.5, 0.6) is 0 Å². The van der Waals surface area contributed by atoms with Gasteiger partial charge in [0.25, 0.3) is 0 Å². The second kappa shape index (κ2) is 4.28. The van der Waals surface area contributed by atoms with E-state index in [1.54, 1.807) is 0 Å². The van der Waals surface area contributed by atoms with Crippen LogP contribution in [0.3, 0.4) is 0 Å². The maximum Gasteiger partial charge on any atom is 0.191 e. The lowest BCUT2D eigenvalue weighted by Crippen LogP contribution is -2.02. The molecule has 0 saturated carbocycles. The van der Waals surface area contributed by atoms with Gasteiger partial charge in [0, 0.05) is 18.9 Å². The van der Waals surface area contributed by atoms with E-state index in [1.165, 1.54) is 0 Å². The van der Waals surface area contributed by atoms with E-state index in [2.05, 4.69) is 4.98 Å². The molecule has 3 nitrogen and oxygen atoms in total. The Labute approximate surface area is 88.9 Å². The van der Waals surface area contributed by atoms with Crippen LogP contribution < -0.4 is 5.73 Å². The maximum atomic E-state index is 5.53. The molecule has 2 rings (SSSR count). The van der Waals surface area contributed by atoms with Gasteiger partial charge >= 0.3 is 0 Å². The molecule has 0 aliphatic rings. The first-order valence-electron chi connectivity index (χ1n) is 5.03. The van der Waals surface area contributed by atoms with Gasteiger partial charge in [-0.15, -0.1) is 0 Å². The molecule has 0 aliphatic carbocycles. The maximum absolute atomic E-state index is 5.53. The van der Waals surface area contributed by atoms with E-state index in [1.807, 2.05) is 37.3 Å². The zero-order chi connectivity index (χ0) is 10.7. The van der Waals surface area contributed by atoms with Crippen molar-refractivity contribution in [2.45, 2.75) is 13.3 Å². The molecule has 0 fully saturated rings. The Bertz CT molecular complexity index is 434. The molecule has 0 aliphatic heterocycles. The highest BCUT2D eigenvalue weighted by Crippen LogP contribution is 2.23. The highest BCUT2D eigenvalue weighted by Gasteiger charge is 2.11. The van der Waals surface area contributed by atoms with Gasteiger partial charge in [-0.3, -0.25) is 0 Å². The Hall–Kier alpha value is -1.61. The average Bonchev–Trinajstić information content (AvgIpc) is 2.62. The second-order valence-electron chi connectivity index (χ2n) is 3.41. The predicted molar refractivity (Wildman–Crippen MR) is 59.4 cm³/mol. The number of oxazole rings is 1. The van der Waals surface area contributed by atoms with Crippen LogP contribution in [-0.2, 0) is 6.42 Å². The fourth-order valence-electron chi connectivity index (χ4n) is 1.59. The number of rotatable bonds is 3. The lowest BCUT2D eigenvalue weighted by Gasteiger charge is -1.98. The van der Waals surface area contributed by atoms with Gasteiger partial charge in [0.05, 0.1) is 0 Å². The highest BCUT2D eigenvalue weighted by molar-refractivity contribution is 5.61. The van der Waals surface area contributed by atoms with E-state index in [-0.39, 0.29) is 0 Å². The molecule has 0 bridgehead atoms. The smallest absolute Gasteiger partial charge is 0.191 e. The Kier molecular flexibility index (Phi) is 2.83. The van der Waals surface area contributed by atoms with Crippen molar-refractivity contribution in [2.24, 2.45) is 5.73 Å². The van der Waals surface area contributed by atoms with E-state index in [9.17, 15) is 0 Å². The molecule has 3 heteroatoms. The van der Waals surface area contributed by atoms with Gasteiger partial charge in [0.15, 0.2) is 5.89 Å². The third kappa shape index (κ3) is 2.07. The van der Waals surface area contributed by atoms with Crippen LogP contribution in [0.1, 0.15) is 11.7 Å². The van der Waals surface area contributed by atoms with Gasteiger partial charge in [0.2, 0.25) is 0 Å². The molecule has 1 aromatic carbocycles. The molecule has 1 aromatic heterocycles. The molecule has 15 heavy (non-hydrogen) atoms. The summed E-state index contributed by atoms with van der Waals surface area (Å²) in [5, 5.41) is 0. The monoisotopic (exact) mass is 202 g/mol. The first kappa shape index (κ1) is 9.93. The van der Waals surface area contributed by atoms with E-state index >= 15 is 0 Å². The van der Waals surface area contributed by atoms with Crippen molar-refractivity contribution in [1.82, 2.24) is 4.98 Å². The molecule has 0 saturated heterocycles. The summed E-state index contributed by atoms with van der Waals surface area (Å²) in [6, 6.07) is 10.0. The van der Waals surface area contributed by atoms with Crippen LogP contribution >= 0.6 is 0 Å². The first-order valence-corrected chi connectivity index (χ1v) is 5.03. The van der Waals surface area contributed by atoms with Crippen molar-refractivity contribution >= 4 is 0 Å². The number of hydrogen-bond donors (Lipinski definition) is 1. The van der Waals surface area contributed by atoms with Crippen LogP contribution in [0, 0.1) is 6.92 Å². The zero-order valence-electron chi connectivity index (χ0n) is 8.73. The van der Waals surface area contributed by atoms with Crippen LogP contribution in [0.15, 0.2) is 34.7 Å². The molecule has 78 valence electrons. The van der Waals surface area contributed by atoms with Gasteiger partial charge in [0.1, 0.15) is 11.5 Å². The molecule has 0 unspecified atom stereocenters. The number of aryl methyl sites for hydroxylation is 1. The van der Waals surface area contributed by atoms with Gasteiger partial charge in [-0.25, -0.2) is 4.98 Å². The minimum Gasteiger partial charge on any atom is -0.445 e.